The normalized spacial score (nSPS) is 10.4. The van der Waals surface area contributed by atoms with Gasteiger partial charge in [0, 0.05) is 0 Å². The van der Waals surface area contributed by atoms with Crippen LogP contribution in [0.5, 0.6) is 0 Å². The second-order valence-corrected chi connectivity index (χ2v) is 3.83. The Morgan fingerprint density at radius 3 is 2.56 bits per heavy atom. The van der Waals surface area contributed by atoms with Crippen molar-refractivity contribution in [2.24, 2.45) is 0 Å². The minimum atomic E-state index is 0.399. The Balaban J connectivity index is 2.50. The van der Waals surface area contributed by atoms with Crippen LogP contribution in [0.2, 0.25) is 5.02 Å². The van der Waals surface area contributed by atoms with E-state index in [-0.39, 0.29) is 0 Å². The number of rotatable bonds is 2. The summed E-state index contributed by atoms with van der Waals surface area (Å²) >= 11 is 6.05. The zero-order chi connectivity index (χ0) is 11.7. The summed E-state index contributed by atoms with van der Waals surface area (Å²) in [5.41, 5.74) is 2.83. The summed E-state index contributed by atoms with van der Waals surface area (Å²) in [5, 5.41) is 4.94. The molecular formula is C11H10ClN3O. The number of carbonyl (C=O) groups excluding carboxylic acids is 1. The number of hydrogen-bond donors (Lipinski definition) is 0. The molecule has 5 heteroatoms. The van der Waals surface area contributed by atoms with Crippen LogP contribution in [0, 0.1) is 13.8 Å². The Kier molecular flexibility index (Phi) is 2.75. The van der Waals surface area contributed by atoms with Crippen molar-refractivity contribution in [3.8, 4) is 5.69 Å². The summed E-state index contributed by atoms with van der Waals surface area (Å²) in [7, 11) is 0. The van der Waals surface area contributed by atoms with Gasteiger partial charge in [-0.2, -0.15) is 5.10 Å². The van der Waals surface area contributed by atoms with Gasteiger partial charge in [-0.15, -0.1) is 0 Å². The Hall–Kier alpha value is -1.68. The van der Waals surface area contributed by atoms with Crippen molar-refractivity contribution < 1.29 is 4.79 Å². The minimum Gasteiger partial charge on any atom is -0.296 e. The van der Waals surface area contributed by atoms with Crippen molar-refractivity contribution in [2.45, 2.75) is 13.8 Å². The van der Waals surface area contributed by atoms with Crippen LogP contribution in [0.25, 0.3) is 5.69 Å². The van der Waals surface area contributed by atoms with Gasteiger partial charge in [0.15, 0.2) is 6.29 Å². The van der Waals surface area contributed by atoms with Crippen LogP contribution < -0.4 is 0 Å². The summed E-state index contributed by atoms with van der Waals surface area (Å²) in [6, 6.07) is 3.43. The van der Waals surface area contributed by atoms with Crippen molar-refractivity contribution >= 4 is 17.9 Å². The summed E-state index contributed by atoms with van der Waals surface area (Å²) in [5.74, 6) is 0. The first-order chi connectivity index (χ1) is 7.63. The molecule has 0 N–H and O–H groups in total. The Morgan fingerprint density at radius 1 is 1.38 bits per heavy atom. The molecule has 0 fully saturated rings. The monoisotopic (exact) mass is 235 g/mol. The third-order valence-corrected chi connectivity index (χ3v) is 2.89. The number of pyridine rings is 1. The van der Waals surface area contributed by atoms with E-state index < -0.39 is 0 Å². The first-order valence-electron chi connectivity index (χ1n) is 4.77. The van der Waals surface area contributed by atoms with Crippen molar-refractivity contribution in [1.82, 2.24) is 14.8 Å². The second-order valence-electron chi connectivity index (χ2n) is 3.46. The maximum Gasteiger partial charge on any atom is 0.168 e. The van der Waals surface area contributed by atoms with Crippen LogP contribution in [-0.4, -0.2) is 21.1 Å². The van der Waals surface area contributed by atoms with Gasteiger partial charge in [0.25, 0.3) is 0 Å². The summed E-state index contributed by atoms with van der Waals surface area (Å²) in [4.78, 5) is 14.5. The molecule has 2 aromatic heterocycles. The molecule has 0 aromatic carbocycles. The molecule has 0 aliphatic heterocycles. The molecule has 0 bridgehead atoms. The van der Waals surface area contributed by atoms with Crippen LogP contribution >= 0.6 is 11.6 Å². The lowest BCUT2D eigenvalue weighted by atomic mass is 10.3. The molecular weight excluding hydrogens is 226 g/mol. The van der Waals surface area contributed by atoms with Gasteiger partial charge in [-0.05, 0) is 26.0 Å². The molecule has 16 heavy (non-hydrogen) atoms. The molecule has 0 amide bonds. The predicted octanol–water partition coefficient (Wildman–Crippen LogP) is 2.35. The number of hydrogen-bond acceptors (Lipinski definition) is 3. The molecule has 0 aliphatic rings. The summed E-state index contributed by atoms with van der Waals surface area (Å²) in [6.07, 6.45) is 2.30. The third kappa shape index (κ3) is 1.72. The average molecular weight is 236 g/mol. The highest BCUT2D eigenvalue weighted by atomic mass is 35.5. The molecule has 82 valence electrons. The Bertz CT molecular complexity index is 531. The fourth-order valence-electron chi connectivity index (χ4n) is 1.47. The fourth-order valence-corrected chi connectivity index (χ4v) is 1.59. The maximum atomic E-state index is 10.5. The van der Waals surface area contributed by atoms with Crippen LogP contribution in [-0.2, 0) is 0 Å². The number of halogens is 1. The van der Waals surface area contributed by atoms with Gasteiger partial charge in [0.1, 0.15) is 5.69 Å². The summed E-state index contributed by atoms with van der Waals surface area (Å²) in [6.45, 7) is 3.73. The van der Waals surface area contributed by atoms with E-state index in [1.54, 1.807) is 23.0 Å². The molecule has 0 saturated carbocycles. The topological polar surface area (TPSA) is 47.8 Å². The van der Waals surface area contributed by atoms with Crippen molar-refractivity contribution in [1.29, 1.82) is 0 Å². The van der Waals surface area contributed by atoms with E-state index in [0.29, 0.717) is 17.0 Å². The zero-order valence-corrected chi connectivity index (χ0v) is 9.69. The van der Waals surface area contributed by atoms with Gasteiger partial charge >= 0.3 is 0 Å². The van der Waals surface area contributed by atoms with E-state index >= 15 is 0 Å². The van der Waals surface area contributed by atoms with Crippen LogP contribution in [0.3, 0.4) is 0 Å². The SMILES string of the molecule is Cc1nn(-c2ccc(C=O)nc2)c(C)c1Cl. The predicted molar refractivity (Wildman–Crippen MR) is 61.2 cm³/mol. The third-order valence-electron chi connectivity index (χ3n) is 2.34. The molecule has 0 radical (unpaired) electrons. The van der Waals surface area contributed by atoms with E-state index in [1.165, 1.54) is 0 Å². The van der Waals surface area contributed by atoms with Crippen LogP contribution in [0.15, 0.2) is 18.3 Å². The summed E-state index contributed by atoms with van der Waals surface area (Å²) < 4.78 is 1.71. The number of carbonyl (C=O) groups is 1. The van der Waals surface area contributed by atoms with Gasteiger partial charge in [0.2, 0.25) is 0 Å². The lowest BCUT2D eigenvalue weighted by Gasteiger charge is -2.03. The Labute approximate surface area is 97.9 Å². The minimum absolute atomic E-state index is 0.399. The van der Waals surface area contributed by atoms with E-state index in [4.69, 9.17) is 11.6 Å². The number of aldehydes is 1. The van der Waals surface area contributed by atoms with Gasteiger partial charge in [-0.3, -0.25) is 9.78 Å². The number of aromatic nitrogens is 3. The average Bonchev–Trinajstić information content (AvgIpc) is 2.57. The molecule has 4 nitrogen and oxygen atoms in total. The van der Waals surface area contributed by atoms with Crippen LogP contribution in [0.1, 0.15) is 21.9 Å². The van der Waals surface area contributed by atoms with E-state index in [1.807, 2.05) is 13.8 Å². The second kappa shape index (κ2) is 4.06. The van der Waals surface area contributed by atoms with Crippen molar-refractivity contribution in [3.63, 3.8) is 0 Å². The highest BCUT2D eigenvalue weighted by Gasteiger charge is 2.10. The standard InChI is InChI=1S/C11H10ClN3O/c1-7-11(12)8(2)15(14-7)10-4-3-9(6-16)13-5-10/h3-6H,1-2H3. The molecule has 2 heterocycles. The van der Waals surface area contributed by atoms with Crippen molar-refractivity contribution in [2.75, 3.05) is 0 Å². The molecule has 2 rings (SSSR count). The smallest absolute Gasteiger partial charge is 0.168 e. The molecule has 0 unspecified atom stereocenters. The quantitative estimate of drug-likeness (QED) is 0.751. The van der Waals surface area contributed by atoms with Crippen LogP contribution in [0.4, 0.5) is 0 Å². The molecule has 0 aliphatic carbocycles. The maximum absolute atomic E-state index is 10.5. The number of nitrogens with zero attached hydrogens (tertiary/aromatic N) is 3. The number of aryl methyl sites for hydroxylation is 1. The first kappa shape index (κ1) is 10.8. The van der Waals surface area contributed by atoms with Gasteiger partial charge in [-0.1, -0.05) is 11.6 Å². The van der Waals surface area contributed by atoms with Gasteiger partial charge in [-0.25, -0.2) is 4.68 Å². The molecule has 0 spiro atoms. The fraction of sp³-hybridized carbons (Fsp3) is 0.182. The van der Waals surface area contributed by atoms with Gasteiger partial charge in [0.05, 0.1) is 28.3 Å². The highest BCUT2D eigenvalue weighted by molar-refractivity contribution is 6.31. The van der Waals surface area contributed by atoms with E-state index in [2.05, 4.69) is 10.1 Å². The van der Waals surface area contributed by atoms with E-state index in [0.717, 1.165) is 17.1 Å². The molecule has 0 atom stereocenters. The lowest BCUT2D eigenvalue weighted by Crippen LogP contribution is -2.00. The molecule has 2 aromatic rings. The lowest BCUT2D eigenvalue weighted by molar-refractivity contribution is 0.111. The largest absolute Gasteiger partial charge is 0.296 e. The van der Waals surface area contributed by atoms with Gasteiger partial charge < -0.3 is 0 Å². The zero-order valence-electron chi connectivity index (χ0n) is 8.94. The highest BCUT2D eigenvalue weighted by Crippen LogP contribution is 2.21. The Morgan fingerprint density at radius 2 is 2.12 bits per heavy atom. The first-order valence-corrected chi connectivity index (χ1v) is 5.14. The van der Waals surface area contributed by atoms with Crippen molar-refractivity contribution in [3.05, 3.63) is 40.4 Å². The van der Waals surface area contributed by atoms with E-state index in [9.17, 15) is 4.79 Å². The molecule has 0 saturated heterocycles.